The molecule has 0 aromatic heterocycles. The van der Waals surface area contributed by atoms with Crippen molar-refractivity contribution in [1.82, 2.24) is 10.2 Å². The lowest BCUT2D eigenvalue weighted by Gasteiger charge is -2.38. The van der Waals surface area contributed by atoms with E-state index in [9.17, 15) is 19.5 Å². The topological polar surface area (TPSA) is 95.9 Å². The SMILES string of the molecule is CCCCCNC(=O)C1N([C@@H](CO)C(C)C)C(=O)[C@@H]2[C@H](C(=O)OCC)[C@]3(C)CCC12S3. The third kappa shape index (κ3) is 3.88. The Bertz CT molecular complexity index is 716. The van der Waals surface area contributed by atoms with Crippen LogP contribution in [-0.2, 0) is 19.1 Å². The van der Waals surface area contributed by atoms with Crippen molar-refractivity contribution in [3.8, 4) is 0 Å². The Hall–Kier alpha value is -1.28. The number of amides is 2. The monoisotopic (exact) mass is 454 g/mol. The summed E-state index contributed by atoms with van der Waals surface area (Å²) in [6.45, 7) is 10.4. The number of esters is 1. The fraction of sp³-hybridized carbons (Fsp3) is 0.870. The lowest BCUT2D eigenvalue weighted by molar-refractivity contribution is -0.155. The van der Waals surface area contributed by atoms with Crippen LogP contribution in [0, 0.1) is 17.8 Å². The fourth-order valence-electron chi connectivity index (χ4n) is 5.91. The summed E-state index contributed by atoms with van der Waals surface area (Å²) in [5.41, 5.74) is 0. The maximum Gasteiger partial charge on any atom is 0.311 e. The van der Waals surface area contributed by atoms with E-state index in [1.165, 1.54) is 0 Å². The highest BCUT2D eigenvalue weighted by Gasteiger charge is 2.78. The van der Waals surface area contributed by atoms with Crippen molar-refractivity contribution in [3.63, 3.8) is 0 Å². The average Bonchev–Trinajstić information content (AvgIpc) is 3.27. The lowest BCUT2D eigenvalue weighted by atomic mass is 9.66. The van der Waals surface area contributed by atoms with Crippen molar-refractivity contribution in [2.45, 2.75) is 88.3 Å². The van der Waals surface area contributed by atoms with Crippen molar-refractivity contribution in [1.29, 1.82) is 0 Å². The zero-order chi connectivity index (χ0) is 23.0. The summed E-state index contributed by atoms with van der Waals surface area (Å²) in [6, 6.07) is -1.15. The summed E-state index contributed by atoms with van der Waals surface area (Å²) in [7, 11) is 0. The standard InChI is InChI=1S/C23H38N2O5S/c1-6-8-9-12-24-19(27)18-23-11-10-22(5,31-23)17(21(29)30-7-2)16(23)20(28)25(18)15(13-26)14(3)4/h14-18,26H,6-13H2,1-5H3,(H,24,27)/t15-,16-,17+,18?,22-,23?/m0/s1. The van der Waals surface area contributed by atoms with Gasteiger partial charge in [-0.2, -0.15) is 0 Å². The van der Waals surface area contributed by atoms with Crippen molar-refractivity contribution in [2.75, 3.05) is 19.8 Å². The van der Waals surface area contributed by atoms with Crippen molar-refractivity contribution in [3.05, 3.63) is 0 Å². The Labute approximate surface area is 190 Å². The predicted octanol–water partition coefficient (Wildman–Crippen LogP) is 2.35. The molecule has 3 heterocycles. The molecule has 1 spiro atoms. The third-order valence-electron chi connectivity index (χ3n) is 7.40. The van der Waals surface area contributed by atoms with E-state index >= 15 is 0 Å². The van der Waals surface area contributed by atoms with Crippen molar-refractivity contribution < 1.29 is 24.2 Å². The van der Waals surface area contributed by atoms with Gasteiger partial charge in [0.25, 0.3) is 0 Å². The minimum absolute atomic E-state index is 0.0154. The number of aliphatic hydroxyl groups excluding tert-OH is 1. The molecule has 8 heteroatoms. The number of hydrogen-bond acceptors (Lipinski definition) is 6. The Kier molecular flexibility index (Phi) is 7.31. The van der Waals surface area contributed by atoms with Crippen LogP contribution in [0.1, 0.15) is 66.7 Å². The molecule has 31 heavy (non-hydrogen) atoms. The van der Waals surface area contributed by atoms with Gasteiger partial charge in [0.15, 0.2) is 0 Å². The quantitative estimate of drug-likeness (QED) is 0.389. The summed E-state index contributed by atoms with van der Waals surface area (Å²) >= 11 is 1.64. The summed E-state index contributed by atoms with van der Waals surface area (Å²) in [4.78, 5) is 42.0. The van der Waals surface area contributed by atoms with E-state index in [0.29, 0.717) is 13.0 Å². The first-order valence-electron chi connectivity index (χ1n) is 11.8. The predicted molar refractivity (Wildman–Crippen MR) is 120 cm³/mol. The molecule has 3 aliphatic rings. The molecule has 2 amide bonds. The number of nitrogens with one attached hydrogen (secondary N) is 1. The van der Waals surface area contributed by atoms with Crippen molar-refractivity contribution >= 4 is 29.5 Å². The van der Waals surface area contributed by atoms with Crippen LogP contribution in [0.5, 0.6) is 0 Å². The molecule has 2 unspecified atom stereocenters. The average molecular weight is 455 g/mol. The van der Waals surface area contributed by atoms with E-state index in [1.54, 1.807) is 23.6 Å². The number of carbonyl (C=O) groups is 3. The van der Waals surface area contributed by atoms with Crippen LogP contribution < -0.4 is 5.32 Å². The lowest BCUT2D eigenvalue weighted by Crippen LogP contribution is -2.57. The number of likely N-dealkylation sites (tertiary alicyclic amines) is 1. The second-order valence-electron chi connectivity index (χ2n) is 9.72. The zero-order valence-electron chi connectivity index (χ0n) is 19.5. The minimum Gasteiger partial charge on any atom is -0.466 e. The molecule has 0 aromatic rings. The van der Waals surface area contributed by atoms with Crippen LogP contribution in [0.2, 0.25) is 0 Å². The van der Waals surface area contributed by atoms with Gasteiger partial charge in [-0.25, -0.2) is 0 Å². The third-order valence-corrected chi connectivity index (χ3v) is 9.38. The van der Waals surface area contributed by atoms with E-state index in [4.69, 9.17) is 4.74 Å². The molecule has 2 bridgehead atoms. The highest BCUT2D eigenvalue weighted by atomic mass is 32.2. The summed E-state index contributed by atoms with van der Waals surface area (Å²) in [5.74, 6) is -1.85. The molecular weight excluding hydrogens is 416 g/mol. The largest absolute Gasteiger partial charge is 0.466 e. The molecule has 3 rings (SSSR count). The number of thioether (sulfide) groups is 1. The molecule has 2 N–H and O–H groups in total. The van der Waals surface area contributed by atoms with E-state index in [2.05, 4.69) is 12.2 Å². The number of ether oxygens (including phenoxy) is 1. The van der Waals surface area contributed by atoms with Gasteiger partial charge in [0.1, 0.15) is 6.04 Å². The zero-order valence-corrected chi connectivity index (χ0v) is 20.3. The Morgan fingerprint density at radius 1 is 1.29 bits per heavy atom. The maximum absolute atomic E-state index is 13.8. The van der Waals surface area contributed by atoms with Crippen LogP contribution >= 0.6 is 11.8 Å². The smallest absolute Gasteiger partial charge is 0.311 e. The van der Waals surface area contributed by atoms with Crippen LogP contribution in [0.4, 0.5) is 0 Å². The number of unbranched alkanes of at least 4 members (excludes halogenated alkanes) is 2. The van der Waals surface area contributed by atoms with Gasteiger partial charge in [-0.15, -0.1) is 11.8 Å². The van der Waals surface area contributed by atoms with Gasteiger partial charge in [0.05, 0.1) is 35.8 Å². The first-order chi connectivity index (χ1) is 14.7. The first kappa shape index (κ1) is 24.4. The Morgan fingerprint density at radius 2 is 2.00 bits per heavy atom. The second-order valence-corrected chi connectivity index (χ2v) is 11.6. The molecule has 0 aromatic carbocycles. The molecule has 6 atom stereocenters. The van der Waals surface area contributed by atoms with Gasteiger partial charge in [-0.05, 0) is 39.0 Å². The maximum atomic E-state index is 13.8. The Balaban J connectivity index is 2.01. The normalized spacial score (nSPS) is 34.9. The summed E-state index contributed by atoms with van der Waals surface area (Å²) in [6.07, 6.45) is 4.46. The molecule has 176 valence electrons. The molecule has 7 nitrogen and oxygen atoms in total. The number of nitrogens with zero attached hydrogens (tertiary/aromatic N) is 1. The van der Waals surface area contributed by atoms with Crippen LogP contribution in [-0.4, -0.2) is 69.1 Å². The molecule has 0 radical (unpaired) electrons. The number of carbonyl (C=O) groups excluding carboxylic acids is 3. The van der Waals surface area contributed by atoms with Gasteiger partial charge in [-0.1, -0.05) is 33.6 Å². The van der Waals surface area contributed by atoms with Crippen molar-refractivity contribution in [2.24, 2.45) is 17.8 Å². The number of aliphatic hydroxyl groups is 1. The van der Waals surface area contributed by atoms with Gasteiger partial charge in [0.2, 0.25) is 11.8 Å². The molecule has 3 saturated heterocycles. The van der Waals surface area contributed by atoms with Crippen LogP contribution in [0.3, 0.4) is 0 Å². The molecule has 0 aliphatic carbocycles. The van der Waals surface area contributed by atoms with Gasteiger partial charge in [-0.3, -0.25) is 14.4 Å². The van der Waals surface area contributed by atoms with E-state index in [1.807, 2.05) is 20.8 Å². The van der Waals surface area contributed by atoms with E-state index in [0.717, 1.165) is 25.7 Å². The fourth-order valence-corrected chi connectivity index (χ4v) is 8.25. The summed E-state index contributed by atoms with van der Waals surface area (Å²) in [5, 5.41) is 13.2. The van der Waals surface area contributed by atoms with Gasteiger partial charge in [0, 0.05) is 11.3 Å². The molecule has 3 fully saturated rings. The minimum atomic E-state index is -0.683. The number of fused-ring (bicyclic) bond motifs is 1. The first-order valence-corrected chi connectivity index (χ1v) is 12.6. The highest BCUT2D eigenvalue weighted by molar-refractivity contribution is 8.02. The molecule has 0 saturated carbocycles. The van der Waals surface area contributed by atoms with Crippen LogP contribution in [0.25, 0.3) is 0 Å². The van der Waals surface area contributed by atoms with E-state index < -0.39 is 33.4 Å². The summed E-state index contributed by atoms with van der Waals surface area (Å²) < 4.78 is 4.32. The van der Waals surface area contributed by atoms with Gasteiger partial charge >= 0.3 is 5.97 Å². The molecular formula is C23H38N2O5S. The number of rotatable bonds is 10. The highest BCUT2D eigenvalue weighted by Crippen LogP contribution is 2.71. The second kappa shape index (κ2) is 9.30. The van der Waals surface area contributed by atoms with E-state index in [-0.39, 0.29) is 36.9 Å². The van der Waals surface area contributed by atoms with Gasteiger partial charge < -0.3 is 20.1 Å². The number of hydrogen-bond donors (Lipinski definition) is 2. The Morgan fingerprint density at radius 3 is 2.58 bits per heavy atom. The molecule has 3 aliphatic heterocycles. The van der Waals surface area contributed by atoms with Crippen LogP contribution in [0.15, 0.2) is 0 Å².